The third-order valence-corrected chi connectivity index (χ3v) is 7.90. The highest BCUT2D eigenvalue weighted by Gasteiger charge is 2.15. The third-order valence-electron chi connectivity index (χ3n) is 7.90. The number of hydrogen-bond acceptors (Lipinski definition) is 5. The number of benzene rings is 4. The molecule has 0 spiro atoms. The first-order valence-corrected chi connectivity index (χ1v) is 14.8. The number of para-hydroxylation sites is 1. The van der Waals surface area contributed by atoms with E-state index in [1.807, 2.05) is 103 Å². The van der Waals surface area contributed by atoms with Crippen LogP contribution in [0.3, 0.4) is 0 Å². The predicted octanol–water partition coefficient (Wildman–Crippen LogP) is 10.0. The van der Waals surface area contributed by atoms with Gasteiger partial charge in [-0.1, -0.05) is 84.9 Å². The number of aromatic nitrogens is 4. The summed E-state index contributed by atoms with van der Waals surface area (Å²) in [4.78, 5) is 19.1. The fraction of sp³-hybridized carbons (Fsp3) is 0. The van der Waals surface area contributed by atoms with Crippen LogP contribution in [0.5, 0.6) is 11.6 Å². The molecule has 5 heteroatoms. The molecule has 0 radical (unpaired) electrons. The SMILES string of the molecule is c1ccc(-c2ccnc(-c3cc(Oc4cc(-c5cc(-c6ccccc6)ccn5)c5ccccc5n4)cc4ncccc34)c2)cc1. The van der Waals surface area contributed by atoms with Gasteiger partial charge in [-0.3, -0.25) is 15.0 Å². The van der Waals surface area contributed by atoms with Crippen LogP contribution in [0.15, 0.2) is 158 Å². The maximum atomic E-state index is 6.54. The average molecular weight is 579 g/mol. The Morgan fingerprint density at radius 1 is 0.400 bits per heavy atom. The summed E-state index contributed by atoms with van der Waals surface area (Å²) in [6, 6.07) is 46.9. The van der Waals surface area contributed by atoms with E-state index in [-0.39, 0.29) is 0 Å². The van der Waals surface area contributed by atoms with Crippen LogP contribution in [0.25, 0.3) is 66.6 Å². The summed E-state index contributed by atoms with van der Waals surface area (Å²) in [7, 11) is 0. The van der Waals surface area contributed by atoms with Crippen molar-refractivity contribution in [3.8, 4) is 56.4 Å². The number of ether oxygens (including phenoxy) is 1. The van der Waals surface area contributed by atoms with Gasteiger partial charge in [0.15, 0.2) is 0 Å². The van der Waals surface area contributed by atoms with E-state index in [0.717, 1.165) is 66.6 Å². The lowest BCUT2D eigenvalue weighted by Crippen LogP contribution is -1.95. The Labute approximate surface area is 260 Å². The van der Waals surface area contributed by atoms with E-state index in [4.69, 9.17) is 19.7 Å². The first kappa shape index (κ1) is 26.4. The van der Waals surface area contributed by atoms with Gasteiger partial charge in [0.1, 0.15) is 5.75 Å². The lowest BCUT2D eigenvalue weighted by atomic mass is 10.0. The van der Waals surface area contributed by atoms with Crippen molar-refractivity contribution in [2.75, 3.05) is 0 Å². The molecule has 4 aromatic carbocycles. The molecule has 0 bridgehead atoms. The molecule has 0 aliphatic rings. The number of fused-ring (bicyclic) bond motifs is 2. The summed E-state index contributed by atoms with van der Waals surface area (Å²) in [6.45, 7) is 0. The summed E-state index contributed by atoms with van der Waals surface area (Å²) in [5.41, 5.74) is 9.68. The van der Waals surface area contributed by atoms with Gasteiger partial charge in [-0.15, -0.1) is 0 Å². The molecule has 8 aromatic rings. The van der Waals surface area contributed by atoms with Gasteiger partial charge in [0, 0.05) is 52.6 Å². The van der Waals surface area contributed by atoms with E-state index in [2.05, 4.69) is 53.5 Å². The molecule has 4 aromatic heterocycles. The normalized spacial score (nSPS) is 11.1. The van der Waals surface area contributed by atoms with Crippen molar-refractivity contribution in [1.82, 2.24) is 19.9 Å². The van der Waals surface area contributed by atoms with Gasteiger partial charge in [0.25, 0.3) is 0 Å². The summed E-state index contributed by atoms with van der Waals surface area (Å²) in [5, 5.41) is 2.00. The minimum Gasteiger partial charge on any atom is -0.439 e. The zero-order valence-electron chi connectivity index (χ0n) is 24.2. The van der Waals surface area contributed by atoms with Crippen LogP contribution >= 0.6 is 0 Å². The van der Waals surface area contributed by atoms with Crippen molar-refractivity contribution in [1.29, 1.82) is 0 Å². The molecule has 5 nitrogen and oxygen atoms in total. The summed E-state index contributed by atoms with van der Waals surface area (Å²) < 4.78 is 6.54. The van der Waals surface area contributed by atoms with E-state index in [1.165, 1.54) is 0 Å². The van der Waals surface area contributed by atoms with Crippen molar-refractivity contribution in [3.63, 3.8) is 0 Å². The van der Waals surface area contributed by atoms with Gasteiger partial charge in [0.2, 0.25) is 5.88 Å². The van der Waals surface area contributed by atoms with Gasteiger partial charge >= 0.3 is 0 Å². The predicted molar refractivity (Wildman–Crippen MR) is 181 cm³/mol. The minimum absolute atomic E-state index is 0.475. The van der Waals surface area contributed by atoms with Crippen LogP contribution in [0.1, 0.15) is 0 Å². The van der Waals surface area contributed by atoms with E-state index in [9.17, 15) is 0 Å². The molecule has 0 N–H and O–H groups in total. The number of pyridine rings is 4. The molecule has 0 aliphatic heterocycles. The van der Waals surface area contributed by atoms with Gasteiger partial charge in [-0.25, -0.2) is 4.98 Å². The smallest absolute Gasteiger partial charge is 0.220 e. The first-order valence-electron chi connectivity index (χ1n) is 14.8. The van der Waals surface area contributed by atoms with Gasteiger partial charge in [-0.05, 0) is 64.7 Å². The van der Waals surface area contributed by atoms with Gasteiger partial charge in [-0.2, -0.15) is 0 Å². The fourth-order valence-corrected chi connectivity index (χ4v) is 5.74. The van der Waals surface area contributed by atoms with Crippen LogP contribution in [-0.2, 0) is 0 Å². The van der Waals surface area contributed by atoms with Crippen LogP contribution in [0.2, 0.25) is 0 Å². The van der Waals surface area contributed by atoms with Gasteiger partial charge < -0.3 is 4.74 Å². The third kappa shape index (κ3) is 5.28. The highest BCUT2D eigenvalue weighted by molar-refractivity contribution is 5.96. The molecule has 45 heavy (non-hydrogen) atoms. The second-order valence-corrected chi connectivity index (χ2v) is 10.8. The molecule has 0 unspecified atom stereocenters. The highest BCUT2D eigenvalue weighted by atomic mass is 16.5. The van der Waals surface area contributed by atoms with Crippen molar-refractivity contribution in [2.45, 2.75) is 0 Å². The zero-order valence-corrected chi connectivity index (χ0v) is 24.2. The molecule has 212 valence electrons. The van der Waals surface area contributed by atoms with Crippen molar-refractivity contribution in [3.05, 3.63) is 158 Å². The molecule has 4 heterocycles. The number of nitrogens with zero attached hydrogens (tertiary/aromatic N) is 4. The second-order valence-electron chi connectivity index (χ2n) is 10.8. The molecule has 0 atom stereocenters. The van der Waals surface area contributed by atoms with Crippen molar-refractivity contribution >= 4 is 21.8 Å². The number of rotatable bonds is 6. The Kier molecular flexibility index (Phi) is 6.74. The molecular formula is C40H26N4O. The van der Waals surface area contributed by atoms with E-state index < -0.39 is 0 Å². The lowest BCUT2D eigenvalue weighted by Gasteiger charge is -2.13. The Balaban J connectivity index is 1.23. The summed E-state index contributed by atoms with van der Waals surface area (Å²) in [6.07, 6.45) is 5.49. The first-order chi connectivity index (χ1) is 22.3. The molecule has 8 rings (SSSR count). The van der Waals surface area contributed by atoms with E-state index in [0.29, 0.717) is 11.6 Å². The molecule has 0 aliphatic carbocycles. The van der Waals surface area contributed by atoms with Gasteiger partial charge in [0.05, 0.1) is 22.4 Å². The average Bonchev–Trinajstić information content (AvgIpc) is 3.12. The topological polar surface area (TPSA) is 60.8 Å². The van der Waals surface area contributed by atoms with Crippen molar-refractivity contribution < 1.29 is 4.74 Å². The Bertz CT molecular complexity index is 2140. The standard InChI is InChI=1S/C40H26N4O/c1-3-10-27(11-4-1)29-17-20-42-37(22-29)34-24-31(25-39-33(34)15-9-19-41-39)45-40-26-35(32-14-7-8-16-36(32)44-40)38-23-30(18-21-43-38)28-12-5-2-6-13-28/h1-26H. The monoisotopic (exact) mass is 578 g/mol. The Morgan fingerprint density at radius 2 is 0.978 bits per heavy atom. The second kappa shape index (κ2) is 11.5. The minimum atomic E-state index is 0.475. The fourth-order valence-electron chi connectivity index (χ4n) is 5.74. The van der Waals surface area contributed by atoms with Crippen LogP contribution < -0.4 is 4.74 Å². The quantitative estimate of drug-likeness (QED) is 0.196. The van der Waals surface area contributed by atoms with Crippen LogP contribution in [0, 0.1) is 0 Å². The van der Waals surface area contributed by atoms with Crippen LogP contribution in [0.4, 0.5) is 0 Å². The summed E-state index contributed by atoms with van der Waals surface area (Å²) in [5.74, 6) is 1.10. The molecule has 0 saturated heterocycles. The summed E-state index contributed by atoms with van der Waals surface area (Å²) >= 11 is 0. The lowest BCUT2D eigenvalue weighted by molar-refractivity contribution is 0.466. The highest BCUT2D eigenvalue weighted by Crippen LogP contribution is 2.37. The number of hydrogen-bond donors (Lipinski definition) is 0. The van der Waals surface area contributed by atoms with Crippen molar-refractivity contribution in [2.24, 2.45) is 0 Å². The zero-order chi connectivity index (χ0) is 30.0. The Hall–Kier alpha value is -6.20. The Morgan fingerprint density at radius 3 is 1.67 bits per heavy atom. The van der Waals surface area contributed by atoms with Crippen LogP contribution in [-0.4, -0.2) is 19.9 Å². The maximum Gasteiger partial charge on any atom is 0.220 e. The maximum absolute atomic E-state index is 6.54. The molecule has 0 fully saturated rings. The largest absolute Gasteiger partial charge is 0.439 e. The molecular weight excluding hydrogens is 552 g/mol. The van der Waals surface area contributed by atoms with E-state index in [1.54, 1.807) is 6.20 Å². The van der Waals surface area contributed by atoms with E-state index >= 15 is 0 Å². The molecule has 0 saturated carbocycles. The molecule has 0 amide bonds.